The summed E-state index contributed by atoms with van der Waals surface area (Å²) in [5.74, 6) is 0. The minimum atomic E-state index is 0.162. The van der Waals surface area contributed by atoms with Gasteiger partial charge in [-0.15, -0.1) is 0 Å². The van der Waals surface area contributed by atoms with Gasteiger partial charge in [-0.05, 0) is 43.9 Å². The van der Waals surface area contributed by atoms with E-state index in [1.54, 1.807) is 0 Å². The van der Waals surface area contributed by atoms with E-state index in [1.165, 1.54) is 59.8 Å². The number of fused-ring (bicyclic) bond motifs is 1. The third-order valence-corrected chi connectivity index (χ3v) is 7.11. The van der Waals surface area contributed by atoms with Crippen LogP contribution in [0, 0.1) is 0 Å². The molecule has 0 saturated heterocycles. The lowest BCUT2D eigenvalue weighted by Gasteiger charge is -2.19. The van der Waals surface area contributed by atoms with E-state index < -0.39 is 0 Å². The van der Waals surface area contributed by atoms with Crippen LogP contribution in [0.15, 0.2) is 108 Å². The van der Waals surface area contributed by atoms with Gasteiger partial charge in [0.25, 0.3) is 0 Å². The molecule has 0 amide bonds. The fourth-order valence-corrected chi connectivity index (χ4v) is 5.83. The summed E-state index contributed by atoms with van der Waals surface area (Å²) in [6, 6.07) is 37.9. The van der Waals surface area contributed by atoms with Gasteiger partial charge in [0, 0.05) is 12.6 Å². The topological polar surface area (TPSA) is 12.4 Å². The third kappa shape index (κ3) is 2.27. The Morgan fingerprint density at radius 3 is 2.09 bits per heavy atom. The largest absolute Gasteiger partial charge is 0.287 e. The van der Waals surface area contributed by atoms with E-state index in [-0.39, 0.29) is 6.71 Å². The normalized spacial score (nSPS) is 14.4. The number of hydrogen-bond acceptors (Lipinski definition) is 1. The molecule has 2 heteroatoms. The fraction of sp³-hybridized carbons (Fsp3) is 0.0333. The van der Waals surface area contributed by atoms with E-state index in [4.69, 9.17) is 4.99 Å². The van der Waals surface area contributed by atoms with E-state index in [9.17, 15) is 0 Å². The minimum absolute atomic E-state index is 0.162. The van der Waals surface area contributed by atoms with E-state index in [2.05, 4.69) is 103 Å². The highest BCUT2D eigenvalue weighted by atomic mass is 14.7. The van der Waals surface area contributed by atoms with E-state index in [1.807, 2.05) is 7.05 Å². The van der Waals surface area contributed by atoms with Gasteiger partial charge < -0.3 is 0 Å². The van der Waals surface area contributed by atoms with Crippen molar-refractivity contribution in [2.75, 3.05) is 7.05 Å². The maximum Gasteiger partial charge on any atom is 0.242 e. The Kier molecular flexibility index (Phi) is 3.63. The predicted octanol–water partition coefficient (Wildman–Crippen LogP) is 4.88. The highest BCUT2D eigenvalue weighted by molar-refractivity contribution is 6.98. The molecule has 148 valence electrons. The minimum Gasteiger partial charge on any atom is -0.287 e. The molecule has 0 N–H and O–H groups in total. The number of aliphatic imine (C=N–C) groups is 1. The zero-order chi connectivity index (χ0) is 21.2. The van der Waals surface area contributed by atoms with Crippen LogP contribution in [0.3, 0.4) is 0 Å². The summed E-state index contributed by atoms with van der Waals surface area (Å²) >= 11 is 0. The SMILES string of the molecule is C/N=C1\c2ccccc2B(c2ccccc2)c2ccc3ccc4cccc5cc1c2c3c45. The molecule has 0 fully saturated rings. The van der Waals surface area contributed by atoms with Crippen molar-refractivity contribution in [3.63, 3.8) is 0 Å². The van der Waals surface area contributed by atoms with Gasteiger partial charge in [0.05, 0.1) is 5.71 Å². The highest BCUT2D eigenvalue weighted by Crippen LogP contribution is 2.37. The standard InChI is InChI=1S/C30H20BN/c1-32-30-23-12-5-6-13-25(23)31(22-10-3-2-4-11-22)26-17-16-20-15-14-19-8-7-9-21-18-24(30)29(26)28(20)27(19)21/h2-18H,1H3/b32-30+. The van der Waals surface area contributed by atoms with Crippen LogP contribution in [0.2, 0.25) is 0 Å². The quantitative estimate of drug-likeness (QED) is 0.273. The molecule has 1 aliphatic heterocycles. The van der Waals surface area contributed by atoms with Crippen LogP contribution in [-0.4, -0.2) is 19.5 Å². The summed E-state index contributed by atoms with van der Waals surface area (Å²) in [7, 11) is 1.93. The number of hydrogen-bond donors (Lipinski definition) is 0. The second-order valence-electron chi connectivity index (χ2n) is 8.70. The lowest BCUT2D eigenvalue weighted by atomic mass is 9.36. The van der Waals surface area contributed by atoms with Crippen LogP contribution >= 0.6 is 0 Å². The predicted molar refractivity (Wildman–Crippen MR) is 139 cm³/mol. The van der Waals surface area contributed by atoms with Crippen LogP contribution in [-0.2, 0) is 0 Å². The Balaban J connectivity index is 1.76. The summed E-state index contributed by atoms with van der Waals surface area (Å²) in [6.07, 6.45) is 0. The lowest BCUT2D eigenvalue weighted by Crippen LogP contribution is -2.52. The first-order valence-electron chi connectivity index (χ1n) is 11.2. The molecule has 6 aromatic rings. The summed E-state index contributed by atoms with van der Waals surface area (Å²) in [5, 5.41) is 7.94. The average Bonchev–Trinajstić information content (AvgIpc) is 2.97. The van der Waals surface area contributed by atoms with Crippen LogP contribution in [0.4, 0.5) is 0 Å². The Labute approximate surface area is 187 Å². The summed E-state index contributed by atoms with van der Waals surface area (Å²) in [4.78, 5) is 4.88. The molecular weight excluding hydrogens is 385 g/mol. The first-order valence-corrected chi connectivity index (χ1v) is 11.2. The number of nitrogens with zero attached hydrogens (tertiary/aromatic N) is 1. The average molecular weight is 405 g/mol. The Hall–Kier alpha value is -3.91. The van der Waals surface area contributed by atoms with Crippen molar-refractivity contribution >= 4 is 61.1 Å². The van der Waals surface area contributed by atoms with Gasteiger partial charge in [-0.1, -0.05) is 113 Å². The maximum atomic E-state index is 4.88. The summed E-state index contributed by atoms with van der Waals surface area (Å²) in [6.45, 7) is 0.162. The molecule has 0 atom stereocenters. The van der Waals surface area contributed by atoms with Crippen LogP contribution in [0.5, 0.6) is 0 Å². The van der Waals surface area contributed by atoms with Crippen molar-refractivity contribution in [3.8, 4) is 0 Å². The van der Waals surface area contributed by atoms with Gasteiger partial charge in [0.2, 0.25) is 6.71 Å². The van der Waals surface area contributed by atoms with Crippen molar-refractivity contribution in [1.82, 2.24) is 0 Å². The molecule has 32 heavy (non-hydrogen) atoms. The molecule has 0 spiro atoms. The molecule has 0 saturated carbocycles. The van der Waals surface area contributed by atoms with Crippen LogP contribution < -0.4 is 16.4 Å². The second kappa shape index (κ2) is 6.54. The van der Waals surface area contributed by atoms with Crippen molar-refractivity contribution in [2.45, 2.75) is 0 Å². The Morgan fingerprint density at radius 1 is 0.531 bits per heavy atom. The number of rotatable bonds is 1. The fourth-order valence-electron chi connectivity index (χ4n) is 5.83. The molecule has 1 aliphatic rings. The molecular formula is C30H20BN. The maximum absolute atomic E-state index is 4.88. The molecule has 0 radical (unpaired) electrons. The van der Waals surface area contributed by atoms with E-state index in [0.29, 0.717) is 0 Å². The van der Waals surface area contributed by atoms with Gasteiger partial charge in [-0.25, -0.2) is 0 Å². The zero-order valence-corrected chi connectivity index (χ0v) is 17.8. The van der Waals surface area contributed by atoms with E-state index in [0.717, 1.165) is 5.71 Å². The van der Waals surface area contributed by atoms with Gasteiger partial charge in [-0.2, -0.15) is 0 Å². The van der Waals surface area contributed by atoms with Crippen molar-refractivity contribution < 1.29 is 0 Å². The van der Waals surface area contributed by atoms with E-state index >= 15 is 0 Å². The third-order valence-electron chi connectivity index (χ3n) is 7.11. The Bertz CT molecular complexity index is 1680. The first kappa shape index (κ1) is 17.7. The summed E-state index contributed by atoms with van der Waals surface area (Å²) in [5.41, 5.74) is 7.55. The molecule has 0 unspecified atom stereocenters. The van der Waals surface area contributed by atoms with Gasteiger partial charge in [0.1, 0.15) is 0 Å². The van der Waals surface area contributed by atoms with Gasteiger partial charge in [0.15, 0.2) is 0 Å². The van der Waals surface area contributed by atoms with Gasteiger partial charge >= 0.3 is 0 Å². The van der Waals surface area contributed by atoms with Gasteiger partial charge in [-0.3, -0.25) is 4.99 Å². The molecule has 1 heterocycles. The Morgan fingerprint density at radius 2 is 1.25 bits per heavy atom. The molecule has 0 aromatic heterocycles. The second-order valence-corrected chi connectivity index (χ2v) is 8.70. The molecule has 0 aliphatic carbocycles. The van der Waals surface area contributed by atoms with Crippen molar-refractivity contribution in [1.29, 1.82) is 0 Å². The molecule has 6 aromatic carbocycles. The number of benzene rings is 6. The molecule has 7 rings (SSSR count). The van der Waals surface area contributed by atoms with Crippen LogP contribution in [0.25, 0.3) is 32.3 Å². The van der Waals surface area contributed by atoms with Crippen molar-refractivity contribution in [2.24, 2.45) is 4.99 Å². The van der Waals surface area contributed by atoms with Crippen molar-refractivity contribution in [3.05, 3.63) is 114 Å². The molecule has 1 nitrogen and oxygen atoms in total. The summed E-state index contributed by atoms with van der Waals surface area (Å²) < 4.78 is 0. The lowest BCUT2D eigenvalue weighted by molar-refractivity contribution is 1.43. The first-order chi connectivity index (χ1) is 15.8. The monoisotopic (exact) mass is 405 g/mol. The highest BCUT2D eigenvalue weighted by Gasteiger charge is 2.32. The smallest absolute Gasteiger partial charge is 0.242 e. The van der Waals surface area contributed by atoms with Crippen LogP contribution in [0.1, 0.15) is 11.1 Å². The molecule has 0 bridgehead atoms. The zero-order valence-electron chi connectivity index (χ0n) is 17.8.